The molecule has 3 heteroatoms. The maximum atomic E-state index is 11.5. The van der Waals surface area contributed by atoms with E-state index in [1.807, 2.05) is 6.08 Å². The number of hydrogen-bond acceptors (Lipinski definition) is 3. The van der Waals surface area contributed by atoms with E-state index in [-0.39, 0.29) is 5.97 Å². The van der Waals surface area contributed by atoms with Crippen LogP contribution in [0.4, 0.5) is 0 Å². The van der Waals surface area contributed by atoms with Gasteiger partial charge in [0.15, 0.2) is 6.10 Å². The zero-order valence-electron chi connectivity index (χ0n) is 11.5. The van der Waals surface area contributed by atoms with Gasteiger partial charge in [0.1, 0.15) is 0 Å². The summed E-state index contributed by atoms with van der Waals surface area (Å²) in [7, 11) is 0. The van der Waals surface area contributed by atoms with Crippen molar-refractivity contribution >= 4 is 5.97 Å². The van der Waals surface area contributed by atoms with E-state index in [2.05, 4.69) is 6.08 Å². The lowest BCUT2D eigenvalue weighted by Crippen LogP contribution is -2.23. The van der Waals surface area contributed by atoms with Crippen LogP contribution in [0.1, 0.15) is 58.3 Å². The molecule has 1 unspecified atom stereocenters. The van der Waals surface area contributed by atoms with Gasteiger partial charge in [0.2, 0.25) is 0 Å². The van der Waals surface area contributed by atoms with E-state index in [9.17, 15) is 4.79 Å². The van der Waals surface area contributed by atoms with Crippen molar-refractivity contribution in [2.45, 2.75) is 64.4 Å². The molecule has 3 nitrogen and oxygen atoms in total. The molecule has 0 spiro atoms. The quantitative estimate of drug-likeness (QED) is 0.489. The topological polar surface area (TPSA) is 35.5 Å². The lowest BCUT2D eigenvalue weighted by Gasteiger charge is -2.11. The van der Waals surface area contributed by atoms with Crippen molar-refractivity contribution in [2.75, 3.05) is 13.2 Å². The molecular formula is C15H26O3. The molecule has 0 bridgehead atoms. The standard InChI is InChI=1S/C15H26O3/c1-14-15(16)18-13-11-9-7-5-3-2-4-6-8-10-12-17-14/h8,10,14H,2-7,9,11-13H2,1H3. The van der Waals surface area contributed by atoms with E-state index >= 15 is 0 Å². The summed E-state index contributed by atoms with van der Waals surface area (Å²) in [5.41, 5.74) is 0. The van der Waals surface area contributed by atoms with E-state index in [0.717, 1.165) is 19.3 Å². The maximum Gasteiger partial charge on any atom is 0.334 e. The summed E-state index contributed by atoms with van der Waals surface area (Å²) < 4.78 is 10.6. The number of carbonyl (C=O) groups is 1. The van der Waals surface area contributed by atoms with Crippen LogP contribution in [0.2, 0.25) is 0 Å². The first-order valence-corrected chi connectivity index (χ1v) is 7.24. The summed E-state index contributed by atoms with van der Waals surface area (Å²) in [5.74, 6) is -0.240. The molecule has 0 aromatic heterocycles. The molecule has 1 heterocycles. The third-order valence-electron chi connectivity index (χ3n) is 3.20. The number of hydrogen-bond donors (Lipinski definition) is 0. The lowest BCUT2D eigenvalue weighted by molar-refractivity contribution is -0.155. The van der Waals surface area contributed by atoms with Crippen molar-refractivity contribution in [3.63, 3.8) is 0 Å². The average Bonchev–Trinajstić information content (AvgIpc) is 2.37. The van der Waals surface area contributed by atoms with E-state index in [0.29, 0.717) is 13.2 Å². The van der Waals surface area contributed by atoms with Gasteiger partial charge < -0.3 is 9.47 Å². The molecular weight excluding hydrogens is 228 g/mol. The van der Waals surface area contributed by atoms with Gasteiger partial charge in [0.05, 0.1) is 13.2 Å². The Hall–Kier alpha value is -0.830. The molecule has 0 aromatic rings. The first-order valence-electron chi connectivity index (χ1n) is 7.24. The highest BCUT2D eigenvalue weighted by Crippen LogP contribution is 2.09. The van der Waals surface area contributed by atoms with Gasteiger partial charge in [0, 0.05) is 0 Å². The van der Waals surface area contributed by atoms with Crippen molar-refractivity contribution < 1.29 is 14.3 Å². The third-order valence-corrected chi connectivity index (χ3v) is 3.20. The molecule has 0 saturated heterocycles. The van der Waals surface area contributed by atoms with E-state index in [1.54, 1.807) is 6.92 Å². The summed E-state index contributed by atoms with van der Waals surface area (Å²) in [4.78, 5) is 11.5. The molecule has 0 aromatic carbocycles. The second-order valence-corrected chi connectivity index (χ2v) is 4.88. The largest absolute Gasteiger partial charge is 0.464 e. The summed E-state index contributed by atoms with van der Waals surface area (Å²) >= 11 is 0. The second kappa shape index (κ2) is 10.1. The van der Waals surface area contributed by atoms with Crippen molar-refractivity contribution in [1.82, 2.24) is 0 Å². The number of esters is 1. The monoisotopic (exact) mass is 254 g/mol. The first kappa shape index (κ1) is 15.2. The second-order valence-electron chi connectivity index (χ2n) is 4.88. The van der Waals surface area contributed by atoms with Crippen molar-refractivity contribution in [2.24, 2.45) is 0 Å². The van der Waals surface area contributed by atoms with Crippen LogP contribution in [-0.4, -0.2) is 25.3 Å². The summed E-state index contributed by atoms with van der Waals surface area (Å²) in [6.45, 7) is 2.78. The van der Waals surface area contributed by atoms with E-state index in [1.165, 1.54) is 32.1 Å². The van der Waals surface area contributed by atoms with Gasteiger partial charge in [0.25, 0.3) is 0 Å². The zero-order valence-corrected chi connectivity index (χ0v) is 11.5. The first-order chi connectivity index (χ1) is 8.80. The molecule has 0 amide bonds. The van der Waals surface area contributed by atoms with Gasteiger partial charge in [-0.1, -0.05) is 44.3 Å². The van der Waals surface area contributed by atoms with Gasteiger partial charge in [-0.15, -0.1) is 0 Å². The highest BCUT2D eigenvalue weighted by molar-refractivity contribution is 5.74. The fourth-order valence-electron chi connectivity index (χ4n) is 1.99. The third kappa shape index (κ3) is 7.49. The van der Waals surface area contributed by atoms with Gasteiger partial charge in [-0.05, 0) is 26.2 Å². The average molecular weight is 254 g/mol. The summed E-state index contributed by atoms with van der Waals surface area (Å²) in [6.07, 6.45) is 13.4. The lowest BCUT2D eigenvalue weighted by atomic mass is 10.1. The van der Waals surface area contributed by atoms with Gasteiger partial charge in [-0.25, -0.2) is 4.79 Å². The Morgan fingerprint density at radius 1 is 1.00 bits per heavy atom. The minimum atomic E-state index is -0.456. The molecule has 1 aliphatic rings. The SMILES string of the molecule is CC1OCC=CCCCCCCCCCOC1=O. The molecule has 1 rings (SSSR count). The number of ether oxygens (including phenoxy) is 2. The molecule has 0 aliphatic carbocycles. The highest BCUT2D eigenvalue weighted by atomic mass is 16.6. The van der Waals surface area contributed by atoms with E-state index in [4.69, 9.17) is 9.47 Å². The summed E-state index contributed by atoms with van der Waals surface area (Å²) in [6, 6.07) is 0. The fraction of sp³-hybridized carbons (Fsp3) is 0.800. The number of allylic oxidation sites excluding steroid dienone is 1. The minimum absolute atomic E-state index is 0.240. The van der Waals surface area contributed by atoms with Gasteiger partial charge >= 0.3 is 5.97 Å². The normalized spacial score (nSPS) is 25.6. The number of cyclic esters (lactones) is 1. The van der Waals surface area contributed by atoms with Crippen LogP contribution in [0.15, 0.2) is 12.2 Å². The zero-order chi connectivity index (χ0) is 13.1. The minimum Gasteiger partial charge on any atom is -0.464 e. The predicted octanol–water partition coefficient (Wildman–Crippen LogP) is 3.63. The molecule has 0 saturated carbocycles. The number of carbonyl (C=O) groups excluding carboxylic acids is 1. The van der Waals surface area contributed by atoms with Gasteiger partial charge in [-0.3, -0.25) is 0 Å². The highest BCUT2D eigenvalue weighted by Gasteiger charge is 2.13. The van der Waals surface area contributed by atoms with Crippen LogP contribution in [0.25, 0.3) is 0 Å². The van der Waals surface area contributed by atoms with Crippen molar-refractivity contribution in [3.05, 3.63) is 12.2 Å². The molecule has 18 heavy (non-hydrogen) atoms. The molecule has 104 valence electrons. The number of rotatable bonds is 0. The van der Waals surface area contributed by atoms with Crippen LogP contribution in [-0.2, 0) is 14.3 Å². The summed E-state index contributed by atoms with van der Waals surface area (Å²) in [5, 5.41) is 0. The molecule has 0 radical (unpaired) electrons. The maximum absolute atomic E-state index is 11.5. The van der Waals surface area contributed by atoms with Crippen molar-refractivity contribution in [3.8, 4) is 0 Å². The van der Waals surface area contributed by atoms with Crippen LogP contribution in [0, 0.1) is 0 Å². The molecule has 0 N–H and O–H groups in total. The van der Waals surface area contributed by atoms with Crippen LogP contribution in [0.3, 0.4) is 0 Å². The Balaban J connectivity index is 2.29. The Morgan fingerprint density at radius 3 is 2.44 bits per heavy atom. The molecule has 1 aliphatic heterocycles. The van der Waals surface area contributed by atoms with Gasteiger partial charge in [-0.2, -0.15) is 0 Å². The molecule has 0 fully saturated rings. The Morgan fingerprint density at radius 2 is 1.67 bits per heavy atom. The molecule has 1 atom stereocenters. The van der Waals surface area contributed by atoms with E-state index < -0.39 is 6.10 Å². The van der Waals surface area contributed by atoms with Crippen LogP contribution >= 0.6 is 0 Å². The van der Waals surface area contributed by atoms with Crippen LogP contribution in [0.5, 0.6) is 0 Å². The Bertz CT molecular complexity index is 248. The van der Waals surface area contributed by atoms with Crippen LogP contribution < -0.4 is 0 Å². The smallest absolute Gasteiger partial charge is 0.334 e. The Labute approximate surface area is 111 Å². The fourth-order valence-corrected chi connectivity index (χ4v) is 1.99. The van der Waals surface area contributed by atoms with Crippen molar-refractivity contribution in [1.29, 1.82) is 0 Å². The Kier molecular flexibility index (Phi) is 8.57. The predicted molar refractivity (Wildman–Crippen MR) is 72.4 cm³/mol.